The highest BCUT2D eigenvalue weighted by Crippen LogP contribution is 2.44. The van der Waals surface area contributed by atoms with Crippen molar-refractivity contribution in [1.82, 2.24) is 0 Å². The van der Waals surface area contributed by atoms with Crippen LogP contribution in [-0.4, -0.2) is 55.0 Å². The Balaban J connectivity index is 1.75. The van der Waals surface area contributed by atoms with Crippen molar-refractivity contribution in [3.8, 4) is 5.75 Å². The van der Waals surface area contributed by atoms with Gasteiger partial charge in [0.15, 0.2) is 15.9 Å². The Labute approximate surface area is 231 Å². The van der Waals surface area contributed by atoms with Crippen LogP contribution in [0.5, 0.6) is 5.75 Å². The maximum absolute atomic E-state index is 13.1. The highest BCUT2D eigenvalue weighted by Gasteiger charge is 2.54. The van der Waals surface area contributed by atoms with Crippen LogP contribution < -0.4 is 4.74 Å². The van der Waals surface area contributed by atoms with Gasteiger partial charge in [-0.05, 0) is 53.1 Å². The standard InChI is InChI=1S/C28H28N4O7S/c29-32-30-19-21-7-4-5-10-24(21)25-28(27(34)35,15-18-40(36,37)23-8-2-1-3-9-23)31-26(39-25)20-11-13-22(14-12-20)38-17-6-16-33/h1-5,7-14,25,33H,6,15-19H2,(H,34,35)/t25-,28-/m1/s1. The molecule has 208 valence electrons. The Kier molecular flexibility index (Phi) is 9.05. The summed E-state index contributed by atoms with van der Waals surface area (Å²) in [6.45, 7) is 0.275. The Morgan fingerprint density at radius 3 is 2.45 bits per heavy atom. The number of sulfone groups is 1. The fourth-order valence-corrected chi connectivity index (χ4v) is 5.80. The molecular weight excluding hydrogens is 536 g/mol. The van der Waals surface area contributed by atoms with Crippen molar-refractivity contribution in [3.05, 3.63) is 106 Å². The van der Waals surface area contributed by atoms with Crippen LogP contribution in [0.1, 0.15) is 35.6 Å². The molecule has 2 atom stereocenters. The summed E-state index contributed by atoms with van der Waals surface area (Å²) in [5, 5.41) is 23.1. The predicted octanol–water partition coefficient (Wildman–Crippen LogP) is 4.46. The lowest BCUT2D eigenvalue weighted by Crippen LogP contribution is -2.42. The topological polar surface area (TPSA) is 171 Å². The fourth-order valence-electron chi connectivity index (χ4n) is 4.41. The smallest absolute Gasteiger partial charge is 0.336 e. The molecule has 0 fully saturated rings. The summed E-state index contributed by atoms with van der Waals surface area (Å²) >= 11 is 0. The number of ether oxygens (including phenoxy) is 2. The van der Waals surface area contributed by atoms with E-state index >= 15 is 0 Å². The number of carbonyl (C=O) groups is 1. The first-order chi connectivity index (χ1) is 19.3. The van der Waals surface area contributed by atoms with Gasteiger partial charge in [0.25, 0.3) is 0 Å². The van der Waals surface area contributed by atoms with Crippen molar-refractivity contribution in [1.29, 1.82) is 0 Å². The van der Waals surface area contributed by atoms with Crippen molar-refractivity contribution >= 4 is 21.7 Å². The first kappa shape index (κ1) is 28.6. The van der Waals surface area contributed by atoms with E-state index < -0.39 is 33.2 Å². The first-order valence-corrected chi connectivity index (χ1v) is 14.2. The van der Waals surface area contributed by atoms with Gasteiger partial charge in [0.1, 0.15) is 5.75 Å². The van der Waals surface area contributed by atoms with E-state index in [1.807, 2.05) is 0 Å². The number of aliphatic hydroxyl groups excluding tert-OH is 1. The molecule has 0 saturated carbocycles. The van der Waals surface area contributed by atoms with Gasteiger partial charge in [-0.3, -0.25) is 0 Å². The molecule has 1 aliphatic rings. The highest BCUT2D eigenvalue weighted by molar-refractivity contribution is 7.91. The van der Waals surface area contributed by atoms with Gasteiger partial charge in [0.05, 0.1) is 23.8 Å². The summed E-state index contributed by atoms with van der Waals surface area (Å²) < 4.78 is 38.0. The molecule has 0 amide bonds. The predicted molar refractivity (Wildman–Crippen MR) is 147 cm³/mol. The maximum atomic E-state index is 13.1. The molecule has 1 aliphatic heterocycles. The van der Waals surface area contributed by atoms with Crippen LogP contribution in [0.3, 0.4) is 0 Å². The minimum atomic E-state index is -3.84. The molecule has 11 nitrogen and oxygen atoms in total. The van der Waals surface area contributed by atoms with E-state index in [1.165, 1.54) is 12.1 Å². The zero-order valence-corrected chi connectivity index (χ0v) is 22.3. The third-order valence-electron chi connectivity index (χ3n) is 6.50. The normalized spacial score (nSPS) is 18.3. The number of carboxylic acids is 1. The van der Waals surface area contributed by atoms with E-state index in [1.54, 1.807) is 66.7 Å². The van der Waals surface area contributed by atoms with Crippen molar-refractivity contribution in [2.45, 2.75) is 35.9 Å². The molecule has 3 aromatic rings. The van der Waals surface area contributed by atoms with E-state index in [2.05, 4.69) is 15.0 Å². The van der Waals surface area contributed by atoms with Crippen LogP contribution in [0.2, 0.25) is 0 Å². The molecule has 3 aromatic carbocycles. The molecule has 0 unspecified atom stereocenters. The molecule has 1 heterocycles. The Bertz CT molecular complexity index is 1520. The number of benzene rings is 3. The number of aliphatic hydroxyl groups is 1. The van der Waals surface area contributed by atoms with Crippen molar-refractivity contribution < 1.29 is 32.9 Å². The quantitative estimate of drug-likeness (QED) is 0.133. The first-order valence-electron chi connectivity index (χ1n) is 12.5. The Morgan fingerprint density at radius 1 is 1.07 bits per heavy atom. The summed E-state index contributed by atoms with van der Waals surface area (Å²) in [4.78, 5) is 20.4. The number of hydrogen-bond donors (Lipinski definition) is 2. The number of carboxylic acid groups (broad SMARTS) is 1. The minimum absolute atomic E-state index is 0.00251. The van der Waals surface area contributed by atoms with Gasteiger partial charge in [-0.15, -0.1) is 0 Å². The third-order valence-corrected chi connectivity index (χ3v) is 8.24. The number of rotatable bonds is 13. The van der Waals surface area contributed by atoms with Gasteiger partial charge in [-0.1, -0.05) is 47.6 Å². The molecule has 2 N–H and O–H groups in total. The average molecular weight is 565 g/mol. The second kappa shape index (κ2) is 12.6. The zero-order chi connectivity index (χ0) is 28.6. The summed E-state index contributed by atoms with van der Waals surface area (Å²) in [7, 11) is -3.84. The second-order valence-electron chi connectivity index (χ2n) is 9.06. The summed E-state index contributed by atoms with van der Waals surface area (Å²) in [6.07, 6.45) is -1.09. The second-order valence-corrected chi connectivity index (χ2v) is 11.2. The van der Waals surface area contributed by atoms with Crippen LogP contribution in [-0.2, 0) is 25.9 Å². The number of hydrogen-bond acceptors (Lipinski definition) is 8. The number of aliphatic imine (C=N–C) groups is 1. The van der Waals surface area contributed by atoms with Gasteiger partial charge in [0.2, 0.25) is 11.4 Å². The van der Waals surface area contributed by atoms with Gasteiger partial charge < -0.3 is 19.7 Å². The van der Waals surface area contributed by atoms with Crippen LogP contribution in [0.15, 0.2) is 93.9 Å². The molecule has 0 saturated heterocycles. The van der Waals surface area contributed by atoms with Gasteiger partial charge in [0, 0.05) is 29.9 Å². The molecule has 40 heavy (non-hydrogen) atoms. The number of azide groups is 1. The fraction of sp³-hybridized carbons (Fsp3) is 0.286. The lowest BCUT2D eigenvalue weighted by atomic mass is 9.84. The molecule has 0 aromatic heterocycles. The molecule has 0 radical (unpaired) electrons. The Morgan fingerprint density at radius 2 is 1.77 bits per heavy atom. The molecule has 0 bridgehead atoms. The van der Waals surface area contributed by atoms with E-state index in [4.69, 9.17) is 20.1 Å². The van der Waals surface area contributed by atoms with Crippen LogP contribution in [0.25, 0.3) is 10.4 Å². The highest BCUT2D eigenvalue weighted by atomic mass is 32.2. The van der Waals surface area contributed by atoms with Gasteiger partial charge in [-0.25, -0.2) is 18.2 Å². The van der Waals surface area contributed by atoms with Crippen molar-refractivity contribution in [2.75, 3.05) is 19.0 Å². The lowest BCUT2D eigenvalue weighted by Gasteiger charge is -2.29. The van der Waals surface area contributed by atoms with Crippen LogP contribution in [0.4, 0.5) is 0 Å². The van der Waals surface area contributed by atoms with E-state index in [0.717, 1.165) is 0 Å². The van der Waals surface area contributed by atoms with E-state index in [9.17, 15) is 18.3 Å². The van der Waals surface area contributed by atoms with Crippen LogP contribution in [0, 0.1) is 0 Å². The largest absolute Gasteiger partial charge is 0.494 e. The summed E-state index contributed by atoms with van der Waals surface area (Å²) in [5.41, 5.74) is 8.31. The minimum Gasteiger partial charge on any atom is -0.494 e. The zero-order valence-electron chi connectivity index (χ0n) is 21.5. The van der Waals surface area contributed by atoms with Gasteiger partial charge in [-0.2, -0.15) is 0 Å². The molecule has 4 rings (SSSR count). The number of nitrogens with zero attached hydrogens (tertiary/aromatic N) is 4. The maximum Gasteiger partial charge on any atom is 0.336 e. The number of aliphatic carboxylic acids is 1. The van der Waals surface area contributed by atoms with E-state index in [-0.39, 0.29) is 30.4 Å². The molecular formula is C28H28N4O7S. The molecule has 12 heteroatoms. The third kappa shape index (κ3) is 6.26. The average Bonchev–Trinajstić information content (AvgIpc) is 3.37. The SMILES string of the molecule is [N-]=[N+]=NCc1ccccc1[C@H]1OC(c2ccc(OCCCO)cc2)=N[C@@]1(CCS(=O)(=O)c1ccccc1)C(=O)O. The molecule has 0 spiro atoms. The van der Waals surface area contributed by atoms with Crippen LogP contribution >= 0.6 is 0 Å². The Hall–Kier alpha value is -4.38. The van der Waals surface area contributed by atoms with Crippen molar-refractivity contribution in [3.63, 3.8) is 0 Å². The summed E-state index contributed by atoms with van der Waals surface area (Å²) in [5.74, 6) is -1.26. The lowest BCUT2D eigenvalue weighted by molar-refractivity contribution is -0.146. The van der Waals surface area contributed by atoms with Crippen molar-refractivity contribution in [2.24, 2.45) is 10.1 Å². The summed E-state index contributed by atoms with van der Waals surface area (Å²) in [6, 6.07) is 21.2. The molecule has 0 aliphatic carbocycles. The monoisotopic (exact) mass is 564 g/mol. The van der Waals surface area contributed by atoms with E-state index in [0.29, 0.717) is 35.5 Å². The van der Waals surface area contributed by atoms with Gasteiger partial charge >= 0.3 is 5.97 Å².